The standard InChI is InChI=1S/C26H31F4N3O4Si/c1-16(26(34)35)25(24-19(27)12-18(13-20(24)28)37-8-7-23(29)30)32-17-5-6-22-21(11-17)31-14-33(22)15-36-9-10-38(2,3)4/h5-6,11-14,23,25,32H,1,7-10,15H2,2-4H3,(H,34,35). The molecule has 0 amide bonds. The van der Waals surface area contributed by atoms with E-state index in [1.165, 1.54) is 0 Å². The van der Waals surface area contributed by atoms with E-state index in [1.807, 2.05) is 4.57 Å². The number of alkyl halides is 2. The first kappa shape index (κ1) is 29.2. The van der Waals surface area contributed by atoms with E-state index in [-0.39, 0.29) is 5.75 Å². The van der Waals surface area contributed by atoms with Crippen molar-refractivity contribution in [3.8, 4) is 5.75 Å². The first-order valence-corrected chi connectivity index (χ1v) is 15.7. The summed E-state index contributed by atoms with van der Waals surface area (Å²) < 4.78 is 67.2. The fourth-order valence-corrected chi connectivity index (χ4v) is 4.36. The molecule has 2 N–H and O–H groups in total. The molecule has 7 nitrogen and oxygen atoms in total. The number of benzene rings is 2. The molecular weight excluding hydrogens is 522 g/mol. The van der Waals surface area contributed by atoms with Crippen LogP contribution >= 0.6 is 0 Å². The van der Waals surface area contributed by atoms with Gasteiger partial charge in [-0.1, -0.05) is 26.2 Å². The van der Waals surface area contributed by atoms with Gasteiger partial charge in [0.15, 0.2) is 0 Å². The zero-order valence-electron chi connectivity index (χ0n) is 21.4. The zero-order valence-corrected chi connectivity index (χ0v) is 22.4. The molecule has 206 valence electrons. The number of carboxylic acid groups (broad SMARTS) is 1. The van der Waals surface area contributed by atoms with E-state index in [1.54, 1.807) is 24.5 Å². The van der Waals surface area contributed by atoms with E-state index in [9.17, 15) is 27.5 Å². The maximum Gasteiger partial charge on any atom is 0.333 e. The minimum atomic E-state index is -2.62. The van der Waals surface area contributed by atoms with E-state index in [0.29, 0.717) is 24.5 Å². The SMILES string of the molecule is C=C(C(=O)O)C(Nc1ccc2c(c1)ncn2COCC[Si](C)(C)C)c1c(F)cc(OCCC(F)F)cc1F. The average Bonchev–Trinajstić information content (AvgIpc) is 3.21. The number of anilines is 1. The monoisotopic (exact) mass is 553 g/mol. The van der Waals surface area contributed by atoms with Gasteiger partial charge in [0.2, 0.25) is 6.43 Å². The number of imidazole rings is 1. The van der Waals surface area contributed by atoms with Crippen molar-refractivity contribution in [2.24, 2.45) is 0 Å². The molecular formula is C26H31F4N3O4Si. The highest BCUT2D eigenvalue weighted by Gasteiger charge is 2.28. The van der Waals surface area contributed by atoms with Crippen molar-refractivity contribution in [2.75, 3.05) is 18.5 Å². The minimum Gasteiger partial charge on any atom is -0.493 e. The third kappa shape index (κ3) is 7.81. The first-order chi connectivity index (χ1) is 17.9. The van der Waals surface area contributed by atoms with Gasteiger partial charge in [0.05, 0.1) is 41.1 Å². The van der Waals surface area contributed by atoms with Crippen molar-refractivity contribution in [1.29, 1.82) is 0 Å². The van der Waals surface area contributed by atoms with E-state index >= 15 is 0 Å². The van der Waals surface area contributed by atoms with E-state index in [0.717, 1.165) is 23.7 Å². The second-order valence-corrected chi connectivity index (χ2v) is 15.6. The number of hydrogen-bond acceptors (Lipinski definition) is 5. The number of nitrogens with one attached hydrogen (secondary N) is 1. The molecule has 0 aliphatic carbocycles. The normalized spacial score (nSPS) is 12.6. The number of ether oxygens (including phenoxy) is 2. The van der Waals surface area contributed by atoms with Gasteiger partial charge in [0.1, 0.15) is 24.1 Å². The molecule has 0 saturated carbocycles. The predicted octanol–water partition coefficient (Wildman–Crippen LogP) is 6.45. The van der Waals surface area contributed by atoms with Crippen LogP contribution in [0.4, 0.5) is 23.2 Å². The highest BCUT2D eigenvalue weighted by molar-refractivity contribution is 6.76. The smallest absolute Gasteiger partial charge is 0.333 e. The van der Waals surface area contributed by atoms with Gasteiger partial charge in [0, 0.05) is 38.9 Å². The maximum atomic E-state index is 15.0. The fraction of sp³-hybridized carbons (Fsp3) is 0.385. The lowest BCUT2D eigenvalue weighted by Gasteiger charge is -2.22. The lowest BCUT2D eigenvalue weighted by molar-refractivity contribution is -0.132. The van der Waals surface area contributed by atoms with Crippen molar-refractivity contribution >= 4 is 30.8 Å². The zero-order chi connectivity index (χ0) is 28.0. The molecule has 1 unspecified atom stereocenters. The van der Waals surface area contributed by atoms with Crippen LogP contribution in [0.25, 0.3) is 11.0 Å². The van der Waals surface area contributed by atoms with Gasteiger partial charge < -0.3 is 24.5 Å². The van der Waals surface area contributed by atoms with Crippen LogP contribution in [0.2, 0.25) is 25.7 Å². The number of carbonyl (C=O) groups is 1. The number of aliphatic carboxylic acids is 1. The second-order valence-electron chi connectivity index (χ2n) is 10.0. The highest BCUT2D eigenvalue weighted by atomic mass is 28.3. The Kier molecular flexibility index (Phi) is 9.55. The summed E-state index contributed by atoms with van der Waals surface area (Å²) in [6.45, 7) is 10.8. The van der Waals surface area contributed by atoms with Gasteiger partial charge in [0.25, 0.3) is 0 Å². The van der Waals surface area contributed by atoms with Crippen LogP contribution in [-0.4, -0.2) is 48.3 Å². The van der Waals surface area contributed by atoms with E-state index in [2.05, 4.69) is 36.5 Å². The molecule has 1 heterocycles. The molecule has 0 fully saturated rings. The summed E-state index contributed by atoms with van der Waals surface area (Å²) in [5.74, 6) is -3.97. The Morgan fingerprint density at radius 1 is 1.16 bits per heavy atom. The largest absolute Gasteiger partial charge is 0.493 e. The Balaban J connectivity index is 1.81. The summed E-state index contributed by atoms with van der Waals surface area (Å²) in [6, 6.07) is 6.17. The van der Waals surface area contributed by atoms with Gasteiger partial charge in [-0.05, 0) is 24.2 Å². The Morgan fingerprint density at radius 3 is 2.45 bits per heavy atom. The van der Waals surface area contributed by atoms with E-state index in [4.69, 9.17) is 9.47 Å². The van der Waals surface area contributed by atoms with Crippen LogP contribution in [0.3, 0.4) is 0 Å². The summed E-state index contributed by atoms with van der Waals surface area (Å²) in [6.07, 6.45) is -1.61. The number of fused-ring (bicyclic) bond motifs is 1. The molecule has 38 heavy (non-hydrogen) atoms. The molecule has 2 aromatic carbocycles. The average molecular weight is 554 g/mol. The maximum absolute atomic E-state index is 15.0. The number of halogens is 4. The second kappa shape index (κ2) is 12.4. The third-order valence-electron chi connectivity index (χ3n) is 5.73. The van der Waals surface area contributed by atoms with Crippen molar-refractivity contribution in [1.82, 2.24) is 9.55 Å². The minimum absolute atomic E-state index is 0.289. The first-order valence-electron chi connectivity index (χ1n) is 12.0. The summed E-state index contributed by atoms with van der Waals surface area (Å²) in [5.41, 5.74) is 0.577. The predicted molar refractivity (Wildman–Crippen MR) is 139 cm³/mol. The van der Waals surface area contributed by atoms with Crippen molar-refractivity contribution in [3.63, 3.8) is 0 Å². The van der Waals surface area contributed by atoms with Crippen LogP contribution in [0.15, 0.2) is 48.8 Å². The molecule has 12 heteroatoms. The third-order valence-corrected chi connectivity index (χ3v) is 7.43. The van der Waals surface area contributed by atoms with E-state index < -0.39 is 62.3 Å². The van der Waals surface area contributed by atoms with Crippen molar-refractivity contribution in [3.05, 3.63) is 66.0 Å². The molecule has 3 aromatic rings. The van der Waals surface area contributed by atoms with Crippen LogP contribution in [0.1, 0.15) is 18.0 Å². The number of carboxylic acids is 1. The number of nitrogens with zero attached hydrogens (tertiary/aromatic N) is 2. The molecule has 0 spiro atoms. The van der Waals surface area contributed by atoms with Gasteiger partial charge in [-0.2, -0.15) is 0 Å². The van der Waals surface area contributed by atoms with Crippen molar-refractivity contribution in [2.45, 2.75) is 51.3 Å². The lowest BCUT2D eigenvalue weighted by Crippen LogP contribution is -2.22. The Hall–Kier alpha value is -3.38. The van der Waals surface area contributed by atoms with Crippen LogP contribution in [-0.2, 0) is 16.3 Å². The van der Waals surface area contributed by atoms with Crippen LogP contribution in [0, 0.1) is 11.6 Å². The molecule has 0 saturated heterocycles. The lowest BCUT2D eigenvalue weighted by atomic mass is 9.97. The molecule has 0 aliphatic heterocycles. The molecule has 0 aliphatic rings. The summed E-state index contributed by atoms with van der Waals surface area (Å²) in [4.78, 5) is 16.0. The van der Waals surface area contributed by atoms with Gasteiger partial charge >= 0.3 is 5.97 Å². The number of aromatic nitrogens is 2. The van der Waals surface area contributed by atoms with Gasteiger partial charge in [-0.3, -0.25) is 0 Å². The highest BCUT2D eigenvalue weighted by Crippen LogP contribution is 2.33. The summed E-state index contributed by atoms with van der Waals surface area (Å²) in [7, 11) is -1.22. The van der Waals surface area contributed by atoms with Crippen LogP contribution < -0.4 is 10.1 Å². The van der Waals surface area contributed by atoms with Gasteiger partial charge in [-0.25, -0.2) is 27.3 Å². The number of rotatable bonds is 14. The Morgan fingerprint density at radius 2 is 1.84 bits per heavy atom. The summed E-state index contributed by atoms with van der Waals surface area (Å²) >= 11 is 0. The topological polar surface area (TPSA) is 85.6 Å². The molecule has 3 rings (SSSR count). The van der Waals surface area contributed by atoms with Gasteiger partial charge in [-0.15, -0.1) is 0 Å². The fourth-order valence-electron chi connectivity index (χ4n) is 3.61. The number of hydrogen-bond donors (Lipinski definition) is 2. The molecule has 0 bridgehead atoms. The molecule has 1 aromatic heterocycles. The quantitative estimate of drug-likeness (QED) is 0.103. The van der Waals surface area contributed by atoms with Crippen LogP contribution in [0.5, 0.6) is 5.75 Å². The van der Waals surface area contributed by atoms with Crippen molar-refractivity contribution < 1.29 is 36.9 Å². The summed E-state index contributed by atoms with van der Waals surface area (Å²) in [5, 5.41) is 12.3. The Labute approximate surface area is 219 Å². The molecule has 1 atom stereocenters. The Bertz CT molecular complexity index is 1270. The molecule has 0 radical (unpaired) electrons.